The summed E-state index contributed by atoms with van der Waals surface area (Å²) >= 11 is 0. The fraction of sp³-hybridized carbons (Fsp3) is 0.900. The Morgan fingerprint density at radius 3 is 2.47 bits per heavy atom. The van der Waals surface area contributed by atoms with Gasteiger partial charge in [-0.1, -0.05) is 0 Å². The van der Waals surface area contributed by atoms with E-state index in [2.05, 4.69) is 10.6 Å². The van der Waals surface area contributed by atoms with Crippen molar-refractivity contribution in [2.24, 2.45) is 0 Å². The molecule has 0 bridgehead atoms. The molecule has 0 rings (SSSR count). The lowest BCUT2D eigenvalue weighted by molar-refractivity contribution is -0.120. The summed E-state index contributed by atoms with van der Waals surface area (Å²) in [6.07, 6.45) is -0.438. The lowest BCUT2D eigenvalue weighted by atomic mass is 10.3. The van der Waals surface area contributed by atoms with Crippen LogP contribution in [0.3, 0.4) is 0 Å². The first-order valence-corrected chi connectivity index (χ1v) is 5.24. The number of aliphatic hydroxyl groups excluding tert-OH is 1. The van der Waals surface area contributed by atoms with E-state index in [4.69, 9.17) is 0 Å². The van der Waals surface area contributed by atoms with E-state index in [1.807, 2.05) is 32.8 Å². The third-order valence-electron chi connectivity index (χ3n) is 1.69. The van der Waals surface area contributed by atoms with E-state index in [-0.39, 0.29) is 18.5 Å². The summed E-state index contributed by atoms with van der Waals surface area (Å²) in [5.41, 5.74) is 0. The topological polar surface area (TPSA) is 64.6 Å². The van der Waals surface area contributed by atoms with Crippen LogP contribution in [0.1, 0.15) is 13.8 Å². The summed E-state index contributed by atoms with van der Waals surface area (Å²) in [6.45, 7) is 5.11. The number of hydrogen-bond donors (Lipinski definition) is 3. The average Bonchev–Trinajstić information content (AvgIpc) is 2.00. The molecule has 0 fully saturated rings. The third-order valence-corrected chi connectivity index (χ3v) is 1.69. The molecule has 15 heavy (non-hydrogen) atoms. The fourth-order valence-corrected chi connectivity index (χ4v) is 1.21. The monoisotopic (exact) mass is 217 g/mol. The zero-order valence-electron chi connectivity index (χ0n) is 10.1. The van der Waals surface area contributed by atoms with Gasteiger partial charge >= 0.3 is 0 Å². The van der Waals surface area contributed by atoms with Crippen molar-refractivity contribution in [2.45, 2.75) is 26.0 Å². The highest BCUT2D eigenvalue weighted by atomic mass is 16.3. The van der Waals surface area contributed by atoms with E-state index in [0.717, 1.165) is 0 Å². The highest BCUT2D eigenvalue weighted by molar-refractivity contribution is 5.78. The lowest BCUT2D eigenvalue weighted by Crippen LogP contribution is -2.41. The van der Waals surface area contributed by atoms with Crippen LogP contribution in [0.5, 0.6) is 0 Å². The minimum absolute atomic E-state index is 0.0398. The van der Waals surface area contributed by atoms with Crippen molar-refractivity contribution < 1.29 is 9.90 Å². The summed E-state index contributed by atoms with van der Waals surface area (Å²) in [7, 11) is 3.80. The van der Waals surface area contributed by atoms with Crippen molar-refractivity contribution in [1.82, 2.24) is 15.5 Å². The highest BCUT2D eigenvalue weighted by Gasteiger charge is 2.06. The molecular weight excluding hydrogens is 194 g/mol. The van der Waals surface area contributed by atoms with Crippen molar-refractivity contribution >= 4 is 5.91 Å². The quantitative estimate of drug-likeness (QED) is 0.513. The SMILES string of the molecule is CC(C)NC(=O)CNCC(O)CN(C)C. The second kappa shape index (κ2) is 7.62. The van der Waals surface area contributed by atoms with Crippen LogP contribution in [0.25, 0.3) is 0 Å². The number of rotatable bonds is 7. The van der Waals surface area contributed by atoms with E-state index in [1.165, 1.54) is 0 Å². The van der Waals surface area contributed by atoms with Crippen LogP contribution < -0.4 is 10.6 Å². The van der Waals surface area contributed by atoms with Crippen LogP contribution >= 0.6 is 0 Å². The van der Waals surface area contributed by atoms with Crippen molar-refractivity contribution in [3.63, 3.8) is 0 Å². The number of amides is 1. The number of likely N-dealkylation sites (N-methyl/N-ethyl adjacent to an activating group) is 1. The number of aliphatic hydroxyl groups is 1. The Bertz CT molecular complexity index is 184. The number of hydrogen-bond acceptors (Lipinski definition) is 4. The van der Waals surface area contributed by atoms with Crippen LogP contribution in [-0.4, -0.2) is 61.8 Å². The highest BCUT2D eigenvalue weighted by Crippen LogP contribution is 1.83. The van der Waals surface area contributed by atoms with Gasteiger partial charge in [0, 0.05) is 19.1 Å². The molecule has 0 aromatic rings. The molecule has 0 saturated carbocycles. The summed E-state index contributed by atoms with van der Waals surface area (Å²) in [5.74, 6) is -0.0398. The van der Waals surface area contributed by atoms with Gasteiger partial charge in [-0.3, -0.25) is 4.79 Å². The second-order valence-corrected chi connectivity index (χ2v) is 4.27. The van der Waals surface area contributed by atoms with Gasteiger partial charge in [0.05, 0.1) is 12.6 Å². The van der Waals surface area contributed by atoms with Crippen LogP contribution in [0.4, 0.5) is 0 Å². The Labute approximate surface area is 91.8 Å². The average molecular weight is 217 g/mol. The molecule has 1 amide bonds. The summed E-state index contributed by atoms with van der Waals surface area (Å²) < 4.78 is 0. The molecule has 0 spiro atoms. The number of carbonyl (C=O) groups is 1. The molecule has 0 aromatic heterocycles. The fourth-order valence-electron chi connectivity index (χ4n) is 1.21. The molecule has 5 nitrogen and oxygen atoms in total. The molecule has 0 aliphatic rings. The first-order valence-electron chi connectivity index (χ1n) is 5.24. The second-order valence-electron chi connectivity index (χ2n) is 4.27. The van der Waals surface area contributed by atoms with Gasteiger partial charge in [-0.05, 0) is 27.9 Å². The van der Waals surface area contributed by atoms with E-state index in [1.54, 1.807) is 0 Å². The molecule has 90 valence electrons. The molecule has 0 aromatic carbocycles. The first-order chi connectivity index (χ1) is 6.91. The van der Waals surface area contributed by atoms with Gasteiger partial charge in [-0.2, -0.15) is 0 Å². The molecule has 3 N–H and O–H groups in total. The van der Waals surface area contributed by atoms with Gasteiger partial charge in [0.2, 0.25) is 5.91 Å². The van der Waals surface area contributed by atoms with Crippen LogP contribution in [0, 0.1) is 0 Å². The Morgan fingerprint density at radius 2 is 2.00 bits per heavy atom. The maximum absolute atomic E-state index is 11.2. The predicted octanol–water partition coefficient (Wildman–Crippen LogP) is -0.977. The first kappa shape index (κ1) is 14.3. The maximum Gasteiger partial charge on any atom is 0.234 e. The number of nitrogens with zero attached hydrogens (tertiary/aromatic N) is 1. The van der Waals surface area contributed by atoms with Gasteiger partial charge < -0.3 is 20.6 Å². The molecule has 0 radical (unpaired) electrons. The van der Waals surface area contributed by atoms with Gasteiger partial charge in [-0.15, -0.1) is 0 Å². The van der Waals surface area contributed by atoms with E-state index < -0.39 is 6.10 Å². The molecule has 0 saturated heterocycles. The maximum atomic E-state index is 11.2. The van der Waals surface area contributed by atoms with E-state index in [0.29, 0.717) is 13.1 Å². The third kappa shape index (κ3) is 9.65. The predicted molar refractivity (Wildman–Crippen MR) is 60.7 cm³/mol. The van der Waals surface area contributed by atoms with Crippen LogP contribution in [0.2, 0.25) is 0 Å². The van der Waals surface area contributed by atoms with Gasteiger partial charge in [-0.25, -0.2) is 0 Å². The summed E-state index contributed by atoms with van der Waals surface area (Å²) in [5, 5.41) is 15.1. The van der Waals surface area contributed by atoms with Crippen molar-refractivity contribution in [3.8, 4) is 0 Å². The normalized spacial score (nSPS) is 13.3. The Kier molecular flexibility index (Phi) is 7.29. The smallest absolute Gasteiger partial charge is 0.234 e. The molecule has 1 unspecified atom stereocenters. The summed E-state index contributed by atoms with van der Waals surface area (Å²) in [6, 6.07) is 0.158. The van der Waals surface area contributed by atoms with E-state index >= 15 is 0 Å². The summed E-state index contributed by atoms with van der Waals surface area (Å²) in [4.78, 5) is 13.1. The van der Waals surface area contributed by atoms with Gasteiger partial charge in [0.15, 0.2) is 0 Å². The lowest BCUT2D eigenvalue weighted by Gasteiger charge is -2.16. The molecule has 5 heteroatoms. The Hall–Kier alpha value is -0.650. The standard InChI is InChI=1S/C10H23N3O2/c1-8(2)12-10(15)6-11-5-9(14)7-13(3)4/h8-9,11,14H,5-7H2,1-4H3,(H,12,15). The minimum Gasteiger partial charge on any atom is -0.390 e. The number of nitrogens with one attached hydrogen (secondary N) is 2. The van der Waals surface area contributed by atoms with Crippen molar-refractivity contribution in [2.75, 3.05) is 33.7 Å². The van der Waals surface area contributed by atoms with Gasteiger partial charge in [0.1, 0.15) is 0 Å². The van der Waals surface area contributed by atoms with Crippen molar-refractivity contribution in [1.29, 1.82) is 0 Å². The van der Waals surface area contributed by atoms with Crippen molar-refractivity contribution in [3.05, 3.63) is 0 Å². The Balaban J connectivity index is 3.48. The Morgan fingerprint density at radius 1 is 1.40 bits per heavy atom. The molecule has 0 aliphatic heterocycles. The zero-order valence-corrected chi connectivity index (χ0v) is 10.1. The zero-order chi connectivity index (χ0) is 11.8. The minimum atomic E-state index is -0.438. The molecular formula is C10H23N3O2. The molecule has 0 aliphatic carbocycles. The van der Waals surface area contributed by atoms with Gasteiger partial charge in [0.25, 0.3) is 0 Å². The number of carbonyl (C=O) groups excluding carboxylic acids is 1. The molecule has 1 atom stereocenters. The molecule has 0 heterocycles. The van der Waals surface area contributed by atoms with E-state index in [9.17, 15) is 9.90 Å². The van der Waals surface area contributed by atoms with Crippen LogP contribution in [0.15, 0.2) is 0 Å². The van der Waals surface area contributed by atoms with Crippen LogP contribution in [-0.2, 0) is 4.79 Å². The largest absolute Gasteiger partial charge is 0.390 e.